The molecular weight excluding hydrogens is 254 g/mol. The van der Waals surface area contributed by atoms with Gasteiger partial charge in [-0.1, -0.05) is 17.2 Å². The first-order chi connectivity index (χ1) is 8.93. The summed E-state index contributed by atoms with van der Waals surface area (Å²) in [6.45, 7) is 7.11. The van der Waals surface area contributed by atoms with Gasteiger partial charge in [0.05, 0.1) is 0 Å². The molecule has 0 saturated carbocycles. The summed E-state index contributed by atoms with van der Waals surface area (Å²) < 4.78 is 0. The molecule has 1 unspecified atom stereocenters. The molecular formula is C16H25NOS. The Balaban J connectivity index is 2.55. The average Bonchev–Trinajstić information content (AvgIpc) is 2.34. The van der Waals surface area contributed by atoms with Gasteiger partial charge >= 0.3 is 0 Å². The molecule has 1 aromatic rings. The number of Topliss-reactive ketones (excluding diaryl/α,β-unsaturated/α-hetero) is 1. The summed E-state index contributed by atoms with van der Waals surface area (Å²) >= 11 is 1.85. The SMILES string of the molecule is CSCC(C)N(C)CCC(=O)c1cc(C)cc(C)c1. The Morgan fingerprint density at radius 1 is 1.26 bits per heavy atom. The lowest BCUT2D eigenvalue weighted by Crippen LogP contribution is -2.32. The van der Waals surface area contributed by atoms with E-state index in [2.05, 4.69) is 31.2 Å². The fourth-order valence-electron chi connectivity index (χ4n) is 2.15. The Hall–Kier alpha value is -0.800. The van der Waals surface area contributed by atoms with Gasteiger partial charge in [-0.25, -0.2) is 0 Å². The van der Waals surface area contributed by atoms with Crippen molar-refractivity contribution < 1.29 is 4.79 Å². The smallest absolute Gasteiger partial charge is 0.164 e. The second-order valence-corrected chi connectivity index (χ2v) is 6.25. The first-order valence-corrected chi connectivity index (χ1v) is 8.14. The second kappa shape index (κ2) is 7.71. The molecule has 0 aliphatic heterocycles. The minimum absolute atomic E-state index is 0.245. The Morgan fingerprint density at radius 3 is 2.37 bits per heavy atom. The molecule has 3 heteroatoms. The van der Waals surface area contributed by atoms with Crippen molar-refractivity contribution in [3.8, 4) is 0 Å². The number of carbonyl (C=O) groups excluding carboxylic acids is 1. The van der Waals surface area contributed by atoms with Crippen LogP contribution in [0.1, 0.15) is 34.8 Å². The molecule has 0 aliphatic rings. The van der Waals surface area contributed by atoms with Gasteiger partial charge < -0.3 is 4.90 Å². The highest BCUT2D eigenvalue weighted by Gasteiger charge is 2.12. The van der Waals surface area contributed by atoms with Gasteiger partial charge in [-0.3, -0.25) is 4.79 Å². The highest BCUT2D eigenvalue weighted by Crippen LogP contribution is 2.12. The summed E-state index contributed by atoms with van der Waals surface area (Å²) in [6, 6.07) is 6.59. The molecule has 106 valence electrons. The highest BCUT2D eigenvalue weighted by atomic mass is 32.2. The molecule has 2 nitrogen and oxygen atoms in total. The van der Waals surface area contributed by atoms with Gasteiger partial charge in [-0.05, 0) is 46.2 Å². The van der Waals surface area contributed by atoms with Crippen molar-refractivity contribution in [3.05, 3.63) is 34.9 Å². The van der Waals surface area contributed by atoms with Crippen LogP contribution in [0.4, 0.5) is 0 Å². The van der Waals surface area contributed by atoms with E-state index in [1.165, 1.54) is 0 Å². The molecule has 0 saturated heterocycles. The van der Waals surface area contributed by atoms with Crippen LogP contribution >= 0.6 is 11.8 Å². The minimum atomic E-state index is 0.245. The van der Waals surface area contributed by atoms with Gasteiger partial charge in [0.1, 0.15) is 0 Å². The summed E-state index contributed by atoms with van der Waals surface area (Å²) in [5.74, 6) is 1.35. The minimum Gasteiger partial charge on any atom is -0.302 e. The van der Waals surface area contributed by atoms with Crippen molar-refractivity contribution in [1.29, 1.82) is 0 Å². The molecule has 1 aromatic carbocycles. The largest absolute Gasteiger partial charge is 0.302 e. The Labute approximate surface area is 121 Å². The number of rotatable bonds is 7. The predicted octanol–water partition coefficient (Wildman–Crippen LogP) is 3.56. The number of nitrogens with zero attached hydrogens (tertiary/aromatic N) is 1. The number of hydrogen-bond acceptors (Lipinski definition) is 3. The first kappa shape index (κ1) is 16.3. The molecule has 0 bridgehead atoms. The van der Waals surface area contributed by atoms with E-state index >= 15 is 0 Å². The molecule has 0 amide bonds. The molecule has 1 rings (SSSR count). The van der Waals surface area contributed by atoms with Crippen LogP contribution in [0.25, 0.3) is 0 Å². The summed E-state index contributed by atoms with van der Waals surface area (Å²) in [7, 11) is 2.09. The Morgan fingerprint density at radius 2 is 1.84 bits per heavy atom. The van der Waals surface area contributed by atoms with Crippen LogP contribution in [0.2, 0.25) is 0 Å². The molecule has 0 aliphatic carbocycles. The highest BCUT2D eigenvalue weighted by molar-refractivity contribution is 7.98. The van der Waals surface area contributed by atoms with Gasteiger partial charge in [0.15, 0.2) is 5.78 Å². The summed E-state index contributed by atoms with van der Waals surface area (Å²) in [5.41, 5.74) is 3.17. The molecule has 0 radical (unpaired) electrons. The third-order valence-electron chi connectivity index (χ3n) is 3.40. The maximum atomic E-state index is 12.2. The summed E-state index contributed by atoms with van der Waals surface area (Å²) in [6.07, 6.45) is 2.71. The fourth-order valence-corrected chi connectivity index (χ4v) is 2.88. The van der Waals surface area contributed by atoms with E-state index in [9.17, 15) is 4.79 Å². The summed E-state index contributed by atoms with van der Waals surface area (Å²) in [5, 5.41) is 0. The normalized spacial score (nSPS) is 12.7. The van der Waals surface area contributed by atoms with Crippen LogP contribution in [-0.4, -0.2) is 42.3 Å². The molecule has 0 aromatic heterocycles. The second-order valence-electron chi connectivity index (χ2n) is 5.33. The molecule has 0 heterocycles. The van der Waals surface area contributed by atoms with Crippen LogP contribution in [0, 0.1) is 13.8 Å². The zero-order chi connectivity index (χ0) is 14.4. The topological polar surface area (TPSA) is 20.3 Å². The third kappa shape index (κ3) is 5.37. The molecule has 0 fully saturated rings. The van der Waals surface area contributed by atoms with Crippen molar-refractivity contribution >= 4 is 17.5 Å². The van der Waals surface area contributed by atoms with Crippen molar-refractivity contribution in [2.24, 2.45) is 0 Å². The fraction of sp³-hybridized carbons (Fsp3) is 0.562. The van der Waals surface area contributed by atoms with Crippen molar-refractivity contribution in [1.82, 2.24) is 4.90 Å². The van der Waals surface area contributed by atoms with Crippen LogP contribution in [0.3, 0.4) is 0 Å². The van der Waals surface area contributed by atoms with Gasteiger partial charge in [0.2, 0.25) is 0 Å². The zero-order valence-corrected chi connectivity index (χ0v) is 13.5. The number of thioether (sulfide) groups is 1. The van der Waals surface area contributed by atoms with E-state index in [1.807, 2.05) is 37.7 Å². The predicted molar refractivity (Wildman–Crippen MR) is 85.3 cm³/mol. The quantitative estimate of drug-likeness (QED) is 0.712. The van der Waals surface area contributed by atoms with Gasteiger partial charge in [-0.2, -0.15) is 11.8 Å². The van der Waals surface area contributed by atoms with Crippen molar-refractivity contribution in [2.75, 3.05) is 25.6 Å². The van der Waals surface area contributed by atoms with Crippen LogP contribution in [-0.2, 0) is 0 Å². The number of ketones is 1. The van der Waals surface area contributed by atoms with Crippen LogP contribution in [0.15, 0.2) is 18.2 Å². The van der Waals surface area contributed by atoms with E-state index in [0.717, 1.165) is 29.0 Å². The van der Waals surface area contributed by atoms with Gasteiger partial charge in [-0.15, -0.1) is 0 Å². The standard InChI is InChI=1S/C16H25NOS/c1-12-8-13(2)10-15(9-12)16(18)6-7-17(4)14(3)11-19-5/h8-10,14H,6-7,11H2,1-5H3. The maximum Gasteiger partial charge on any atom is 0.164 e. The van der Waals surface area contributed by atoms with E-state index in [1.54, 1.807) is 0 Å². The van der Waals surface area contributed by atoms with E-state index in [0.29, 0.717) is 12.5 Å². The first-order valence-electron chi connectivity index (χ1n) is 6.74. The third-order valence-corrected chi connectivity index (χ3v) is 4.21. The van der Waals surface area contributed by atoms with Gasteiger partial charge in [0.25, 0.3) is 0 Å². The average molecular weight is 279 g/mol. The number of hydrogen-bond donors (Lipinski definition) is 0. The zero-order valence-electron chi connectivity index (χ0n) is 12.7. The lowest BCUT2D eigenvalue weighted by molar-refractivity contribution is 0.0964. The number of benzene rings is 1. The molecule has 0 N–H and O–H groups in total. The van der Waals surface area contributed by atoms with E-state index < -0.39 is 0 Å². The lowest BCUT2D eigenvalue weighted by Gasteiger charge is -2.23. The van der Waals surface area contributed by atoms with Crippen molar-refractivity contribution in [3.63, 3.8) is 0 Å². The molecule has 19 heavy (non-hydrogen) atoms. The van der Waals surface area contributed by atoms with Gasteiger partial charge in [0, 0.05) is 30.3 Å². The maximum absolute atomic E-state index is 12.2. The molecule has 0 spiro atoms. The van der Waals surface area contributed by atoms with E-state index in [4.69, 9.17) is 0 Å². The molecule has 1 atom stereocenters. The van der Waals surface area contributed by atoms with Crippen LogP contribution in [0.5, 0.6) is 0 Å². The monoisotopic (exact) mass is 279 g/mol. The summed E-state index contributed by atoms with van der Waals surface area (Å²) in [4.78, 5) is 14.5. The Kier molecular flexibility index (Phi) is 6.59. The number of aryl methyl sites for hydroxylation is 2. The van der Waals surface area contributed by atoms with Crippen LogP contribution < -0.4 is 0 Å². The van der Waals surface area contributed by atoms with E-state index in [-0.39, 0.29) is 5.78 Å². The Bertz CT molecular complexity index is 411. The van der Waals surface area contributed by atoms with Crippen molar-refractivity contribution in [2.45, 2.75) is 33.2 Å². The number of carbonyl (C=O) groups is 1. The lowest BCUT2D eigenvalue weighted by atomic mass is 10.0.